The largest absolute Gasteiger partial charge is 0.320 e. The topological polar surface area (TPSA) is 79.9 Å². The summed E-state index contributed by atoms with van der Waals surface area (Å²) in [4.78, 5) is 12.7. The summed E-state index contributed by atoms with van der Waals surface area (Å²) in [6.07, 6.45) is 1.10. The van der Waals surface area contributed by atoms with E-state index in [9.17, 15) is 4.79 Å². The highest BCUT2D eigenvalue weighted by Crippen LogP contribution is 1.96. The second kappa shape index (κ2) is 8.03. The van der Waals surface area contributed by atoms with Gasteiger partial charge in [0.05, 0.1) is 12.1 Å². The third kappa shape index (κ3) is 5.13. The first-order valence-electron chi connectivity index (χ1n) is 4.42. The number of rotatable bonds is 6. The van der Waals surface area contributed by atoms with Crippen LogP contribution in [0, 0.1) is 22.7 Å². The first kappa shape index (κ1) is 12.4. The lowest BCUT2D eigenvalue weighted by Crippen LogP contribution is -2.32. The van der Waals surface area contributed by atoms with E-state index >= 15 is 0 Å². The number of nitriles is 2. The van der Waals surface area contributed by atoms with Gasteiger partial charge in [0.1, 0.15) is 13.1 Å². The number of nitrogens with one attached hydrogen (secondary N) is 1. The maximum Gasteiger partial charge on any atom is 0.224 e. The van der Waals surface area contributed by atoms with Crippen molar-refractivity contribution in [2.75, 3.05) is 26.7 Å². The molecule has 0 bridgehead atoms. The highest BCUT2D eigenvalue weighted by Gasteiger charge is 2.11. The molecule has 0 saturated heterocycles. The molecule has 0 fully saturated rings. The van der Waals surface area contributed by atoms with E-state index in [1.807, 2.05) is 19.2 Å². The molecular weight excluding hydrogens is 180 g/mol. The van der Waals surface area contributed by atoms with Crippen molar-refractivity contribution < 1.29 is 4.79 Å². The van der Waals surface area contributed by atoms with Gasteiger partial charge in [0.15, 0.2) is 0 Å². The molecule has 5 heteroatoms. The lowest BCUT2D eigenvalue weighted by molar-refractivity contribution is -0.130. The molecule has 0 atom stereocenters. The molecule has 76 valence electrons. The normalized spacial score (nSPS) is 8.79. The maximum atomic E-state index is 11.4. The molecule has 0 aliphatic heterocycles. The van der Waals surface area contributed by atoms with Gasteiger partial charge in [-0.15, -0.1) is 0 Å². The van der Waals surface area contributed by atoms with Crippen molar-refractivity contribution in [1.29, 1.82) is 10.5 Å². The summed E-state index contributed by atoms with van der Waals surface area (Å²) >= 11 is 0. The number of carbonyl (C=O) groups excluding carboxylic acids is 1. The second-order valence-electron chi connectivity index (χ2n) is 2.77. The van der Waals surface area contributed by atoms with Gasteiger partial charge < -0.3 is 10.2 Å². The third-order valence-corrected chi connectivity index (χ3v) is 1.69. The fraction of sp³-hybridized carbons (Fsp3) is 0.667. The van der Waals surface area contributed by atoms with Crippen molar-refractivity contribution in [2.24, 2.45) is 0 Å². The van der Waals surface area contributed by atoms with Crippen LogP contribution in [-0.4, -0.2) is 37.5 Å². The number of amides is 1. The van der Waals surface area contributed by atoms with Gasteiger partial charge in [-0.1, -0.05) is 0 Å². The van der Waals surface area contributed by atoms with Crippen LogP contribution in [0.5, 0.6) is 0 Å². The van der Waals surface area contributed by atoms with Gasteiger partial charge in [-0.3, -0.25) is 4.79 Å². The van der Waals surface area contributed by atoms with Crippen LogP contribution in [0.25, 0.3) is 0 Å². The SMILES string of the molecule is CNCCCC(=O)N(CC#N)CC#N. The highest BCUT2D eigenvalue weighted by molar-refractivity contribution is 5.76. The van der Waals surface area contributed by atoms with Gasteiger partial charge >= 0.3 is 0 Å². The molecule has 0 aromatic carbocycles. The zero-order valence-corrected chi connectivity index (χ0v) is 8.29. The van der Waals surface area contributed by atoms with E-state index in [-0.39, 0.29) is 19.0 Å². The summed E-state index contributed by atoms with van der Waals surface area (Å²) in [5, 5.41) is 19.8. The monoisotopic (exact) mass is 194 g/mol. The molecule has 14 heavy (non-hydrogen) atoms. The minimum Gasteiger partial charge on any atom is -0.320 e. The molecule has 0 aromatic heterocycles. The lowest BCUT2D eigenvalue weighted by Gasteiger charge is -2.15. The van der Waals surface area contributed by atoms with Crippen LogP contribution < -0.4 is 5.32 Å². The van der Waals surface area contributed by atoms with Gasteiger partial charge in [0, 0.05) is 6.42 Å². The standard InChI is InChI=1S/C9H14N4O/c1-12-6-2-3-9(14)13(7-4-10)8-5-11/h12H,2-3,6-8H2,1H3. The van der Waals surface area contributed by atoms with Gasteiger partial charge in [-0.25, -0.2) is 0 Å². The van der Waals surface area contributed by atoms with E-state index in [0.29, 0.717) is 6.42 Å². The molecule has 0 saturated carbocycles. The molecule has 1 N–H and O–H groups in total. The Bertz CT molecular complexity index is 235. The van der Waals surface area contributed by atoms with Crippen LogP contribution in [0.1, 0.15) is 12.8 Å². The Labute approximate surface area is 83.9 Å². The second-order valence-corrected chi connectivity index (χ2v) is 2.77. The summed E-state index contributed by atoms with van der Waals surface area (Å²) in [5.74, 6) is -0.136. The Hall–Kier alpha value is -1.59. The molecule has 0 spiro atoms. The Balaban J connectivity index is 3.91. The van der Waals surface area contributed by atoms with Crippen LogP contribution in [0.15, 0.2) is 0 Å². The molecular formula is C9H14N4O. The summed E-state index contributed by atoms with van der Waals surface area (Å²) in [6, 6.07) is 3.72. The van der Waals surface area contributed by atoms with E-state index in [4.69, 9.17) is 10.5 Å². The quantitative estimate of drug-likeness (QED) is 0.471. The van der Waals surface area contributed by atoms with Crippen LogP contribution in [0.2, 0.25) is 0 Å². The van der Waals surface area contributed by atoms with Crippen molar-refractivity contribution in [3.05, 3.63) is 0 Å². The van der Waals surface area contributed by atoms with E-state index in [1.165, 1.54) is 4.90 Å². The van der Waals surface area contributed by atoms with Crippen molar-refractivity contribution in [3.63, 3.8) is 0 Å². The minimum absolute atomic E-state index is 0.00799. The van der Waals surface area contributed by atoms with E-state index in [1.54, 1.807) is 0 Å². The molecule has 0 aromatic rings. The summed E-state index contributed by atoms with van der Waals surface area (Å²) in [7, 11) is 1.81. The average Bonchev–Trinajstić information content (AvgIpc) is 2.18. The molecule has 0 aliphatic rings. The fourth-order valence-corrected chi connectivity index (χ4v) is 0.977. The van der Waals surface area contributed by atoms with Gasteiger partial charge in [0.25, 0.3) is 0 Å². The number of carbonyl (C=O) groups is 1. The lowest BCUT2D eigenvalue weighted by atomic mass is 10.2. The van der Waals surface area contributed by atoms with Crippen molar-refractivity contribution >= 4 is 5.91 Å². The fourth-order valence-electron chi connectivity index (χ4n) is 0.977. The first-order valence-corrected chi connectivity index (χ1v) is 4.42. The molecule has 0 heterocycles. The molecule has 0 rings (SSSR count). The zero-order valence-electron chi connectivity index (χ0n) is 8.29. The third-order valence-electron chi connectivity index (χ3n) is 1.69. The van der Waals surface area contributed by atoms with E-state index < -0.39 is 0 Å². The minimum atomic E-state index is -0.136. The summed E-state index contributed by atoms with van der Waals surface area (Å²) in [6.45, 7) is 0.747. The maximum absolute atomic E-state index is 11.4. The smallest absolute Gasteiger partial charge is 0.224 e. The first-order chi connectivity index (χ1) is 6.76. The van der Waals surface area contributed by atoms with Crippen LogP contribution in [-0.2, 0) is 4.79 Å². The number of hydrogen-bond donors (Lipinski definition) is 1. The Kier molecular flexibility index (Phi) is 7.12. The summed E-state index contributed by atoms with van der Waals surface area (Å²) in [5.41, 5.74) is 0. The average molecular weight is 194 g/mol. The zero-order chi connectivity index (χ0) is 10.8. The van der Waals surface area contributed by atoms with Gasteiger partial charge in [-0.05, 0) is 20.0 Å². The molecule has 0 aliphatic carbocycles. The van der Waals surface area contributed by atoms with Gasteiger partial charge in [-0.2, -0.15) is 10.5 Å². The van der Waals surface area contributed by atoms with Crippen molar-refractivity contribution in [2.45, 2.75) is 12.8 Å². The molecule has 0 unspecified atom stereocenters. The number of nitrogens with zero attached hydrogens (tertiary/aromatic N) is 3. The van der Waals surface area contributed by atoms with E-state index in [2.05, 4.69) is 5.32 Å². The van der Waals surface area contributed by atoms with Crippen molar-refractivity contribution in [1.82, 2.24) is 10.2 Å². The van der Waals surface area contributed by atoms with Crippen LogP contribution in [0.4, 0.5) is 0 Å². The summed E-state index contributed by atoms with van der Waals surface area (Å²) < 4.78 is 0. The van der Waals surface area contributed by atoms with Crippen molar-refractivity contribution in [3.8, 4) is 12.1 Å². The molecule has 1 amide bonds. The van der Waals surface area contributed by atoms with Crippen LogP contribution >= 0.6 is 0 Å². The highest BCUT2D eigenvalue weighted by atomic mass is 16.2. The Morgan fingerprint density at radius 2 is 1.93 bits per heavy atom. The van der Waals surface area contributed by atoms with E-state index in [0.717, 1.165) is 13.0 Å². The van der Waals surface area contributed by atoms with Gasteiger partial charge in [0.2, 0.25) is 5.91 Å². The predicted molar refractivity (Wildman–Crippen MR) is 51.0 cm³/mol. The Morgan fingerprint density at radius 3 is 2.36 bits per heavy atom. The molecule has 5 nitrogen and oxygen atoms in total. The predicted octanol–water partition coefficient (Wildman–Crippen LogP) is -0.138. The van der Waals surface area contributed by atoms with Crippen LogP contribution in [0.3, 0.4) is 0 Å². The number of hydrogen-bond acceptors (Lipinski definition) is 4. The molecule has 0 radical (unpaired) electrons. The Morgan fingerprint density at radius 1 is 1.36 bits per heavy atom.